The molecule has 5 heteroatoms. The van der Waals surface area contributed by atoms with Gasteiger partial charge < -0.3 is 15.4 Å². The summed E-state index contributed by atoms with van der Waals surface area (Å²) in [7, 11) is 3.73. The number of ether oxygens (including phenoxy) is 1. The van der Waals surface area contributed by atoms with Crippen molar-refractivity contribution >= 4 is 0 Å². The highest BCUT2D eigenvalue weighted by atomic mass is 19.1. The number of likely N-dealkylation sites (N-methyl/N-ethyl adjacent to an activating group) is 1. The first-order valence-corrected chi connectivity index (χ1v) is 6.10. The van der Waals surface area contributed by atoms with Gasteiger partial charge in [0.2, 0.25) is 0 Å². The predicted molar refractivity (Wildman–Crippen MR) is 69.7 cm³/mol. The zero-order valence-electron chi connectivity index (χ0n) is 11.3. The van der Waals surface area contributed by atoms with Crippen LogP contribution in [0.1, 0.15) is 25.1 Å². The van der Waals surface area contributed by atoms with Crippen LogP contribution in [0, 0.1) is 5.82 Å². The third-order valence-corrected chi connectivity index (χ3v) is 3.08. The Kier molecular flexibility index (Phi) is 6.18. The maximum atomic E-state index is 12.7. The third-order valence-electron chi connectivity index (χ3n) is 3.08. The standard InChI is InChI=1S/C13H22FN3O/c1-10(9-18-3)17(2)7-6-12(15)13-5-4-11(14)8-16-13/h4-5,8,10,12H,6-7,9,15H2,1-3H3. The van der Waals surface area contributed by atoms with Crippen LogP contribution in [0.4, 0.5) is 4.39 Å². The Hall–Kier alpha value is -1.04. The number of hydrogen-bond acceptors (Lipinski definition) is 4. The summed E-state index contributed by atoms with van der Waals surface area (Å²) in [5.41, 5.74) is 6.75. The number of hydrogen-bond donors (Lipinski definition) is 1. The maximum Gasteiger partial charge on any atom is 0.141 e. The molecule has 1 rings (SSSR count). The average molecular weight is 255 g/mol. The number of nitrogens with two attached hydrogens (primary N) is 1. The van der Waals surface area contributed by atoms with Gasteiger partial charge in [-0.2, -0.15) is 0 Å². The van der Waals surface area contributed by atoms with Crippen LogP contribution in [0.5, 0.6) is 0 Å². The highest BCUT2D eigenvalue weighted by molar-refractivity contribution is 5.09. The Morgan fingerprint density at radius 1 is 1.50 bits per heavy atom. The lowest BCUT2D eigenvalue weighted by Crippen LogP contribution is -2.34. The zero-order chi connectivity index (χ0) is 13.5. The molecule has 1 aromatic rings. The topological polar surface area (TPSA) is 51.4 Å². The molecule has 0 aromatic carbocycles. The molecule has 2 unspecified atom stereocenters. The lowest BCUT2D eigenvalue weighted by atomic mass is 10.1. The van der Waals surface area contributed by atoms with Crippen LogP contribution < -0.4 is 5.73 Å². The van der Waals surface area contributed by atoms with Gasteiger partial charge in [0.1, 0.15) is 5.82 Å². The van der Waals surface area contributed by atoms with Gasteiger partial charge in [-0.3, -0.25) is 4.98 Å². The summed E-state index contributed by atoms with van der Waals surface area (Å²) >= 11 is 0. The Bertz CT molecular complexity index is 345. The van der Waals surface area contributed by atoms with E-state index in [-0.39, 0.29) is 11.9 Å². The fourth-order valence-corrected chi connectivity index (χ4v) is 1.69. The van der Waals surface area contributed by atoms with Gasteiger partial charge in [0.05, 0.1) is 18.5 Å². The minimum absolute atomic E-state index is 0.164. The third kappa shape index (κ3) is 4.68. The summed E-state index contributed by atoms with van der Waals surface area (Å²) in [5.74, 6) is -0.336. The van der Waals surface area contributed by atoms with Crippen molar-refractivity contribution in [1.82, 2.24) is 9.88 Å². The zero-order valence-corrected chi connectivity index (χ0v) is 11.3. The Balaban J connectivity index is 2.41. The molecule has 0 saturated carbocycles. The molecular formula is C13H22FN3O. The minimum Gasteiger partial charge on any atom is -0.383 e. The van der Waals surface area contributed by atoms with Gasteiger partial charge in [-0.15, -0.1) is 0 Å². The Labute approximate surface area is 108 Å². The van der Waals surface area contributed by atoms with Crippen LogP contribution >= 0.6 is 0 Å². The molecule has 1 aromatic heterocycles. The molecule has 0 spiro atoms. The monoisotopic (exact) mass is 255 g/mol. The molecule has 0 aliphatic heterocycles. The van der Waals surface area contributed by atoms with Crippen molar-refractivity contribution in [2.45, 2.75) is 25.4 Å². The van der Waals surface area contributed by atoms with Crippen molar-refractivity contribution in [2.75, 3.05) is 27.3 Å². The molecule has 0 aliphatic carbocycles. The summed E-state index contributed by atoms with van der Waals surface area (Å²) in [6, 6.07) is 3.21. The van der Waals surface area contributed by atoms with E-state index in [1.807, 2.05) is 7.05 Å². The van der Waals surface area contributed by atoms with Crippen molar-refractivity contribution in [1.29, 1.82) is 0 Å². The molecule has 0 saturated heterocycles. The highest BCUT2D eigenvalue weighted by Crippen LogP contribution is 2.12. The molecule has 0 bridgehead atoms. The van der Waals surface area contributed by atoms with Crippen molar-refractivity contribution in [3.63, 3.8) is 0 Å². The molecule has 1 heterocycles. The van der Waals surface area contributed by atoms with Crippen LogP contribution in [-0.2, 0) is 4.74 Å². The SMILES string of the molecule is COCC(C)N(C)CCC(N)c1ccc(F)cn1. The lowest BCUT2D eigenvalue weighted by Gasteiger charge is -2.25. The van der Waals surface area contributed by atoms with Crippen LogP contribution in [0.2, 0.25) is 0 Å². The Morgan fingerprint density at radius 2 is 2.22 bits per heavy atom. The van der Waals surface area contributed by atoms with Gasteiger partial charge in [-0.1, -0.05) is 0 Å². The van der Waals surface area contributed by atoms with Crippen molar-refractivity contribution in [3.05, 3.63) is 29.8 Å². The number of nitrogens with zero attached hydrogens (tertiary/aromatic N) is 2. The van der Waals surface area contributed by atoms with Gasteiger partial charge in [-0.05, 0) is 32.5 Å². The van der Waals surface area contributed by atoms with Gasteiger partial charge in [0.15, 0.2) is 0 Å². The van der Waals surface area contributed by atoms with Gasteiger partial charge in [0.25, 0.3) is 0 Å². The fraction of sp³-hybridized carbons (Fsp3) is 0.615. The second-order valence-electron chi connectivity index (χ2n) is 4.58. The summed E-state index contributed by atoms with van der Waals surface area (Å²) in [6.07, 6.45) is 1.98. The summed E-state index contributed by atoms with van der Waals surface area (Å²) in [5, 5.41) is 0. The lowest BCUT2D eigenvalue weighted by molar-refractivity contribution is 0.113. The first-order chi connectivity index (χ1) is 8.54. The molecule has 2 N–H and O–H groups in total. The second-order valence-corrected chi connectivity index (χ2v) is 4.58. The maximum absolute atomic E-state index is 12.7. The number of pyridine rings is 1. The number of rotatable bonds is 7. The van der Waals surface area contributed by atoms with E-state index >= 15 is 0 Å². The van der Waals surface area contributed by atoms with Gasteiger partial charge >= 0.3 is 0 Å². The molecular weight excluding hydrogens is 233 g/mol. The Morgan fingerprint density at radius 3 is 2.78 bits per heavy atom. The van der Waals surface area contributed by atoms with Crippen LogP contribution in [-0.4, -0.2) is 43.2 Å². The minimum atomic E-state index is -0.336. The fourth-order valence-electron chi connectivity index (χ4n) is 1.69. The van der Waals surface area contributed by atoms with E-state index in [9.17, 15) is 4.39 Å². The van der Waals surface area contributed by atoms with E-state index in [2.05, 4.69) is 16.8 Å². The molecule has 0 fully saturated rings. The van der Waals surface area contributed by atoms with E-state index < -0.39 is 0 Å². The molecule has 0 aliphatic rings. The molecule has 102 valence electrons. The van der Waals surface area contributed by atoms with E-state index in [0.717, 1.165) is 18.7 Å². The van der Waals surface area contributed by atoms with Gasteiger partial charge in [0, 0.05) is 25.7 Å². The molecule has 2 atom stereocenters. The van der Waals surface area contributed by atoms with E-state index in [1.54, 1.807) is 13.2 Å². The van der Waals surface area contributed by atoms with E-state index in [4.69, 9.17) is 10.5 Å². The highest BCUT2D eigenvalue weighted by Gasteiger charge is 2.12. The molecule has 0 radical (unpaired) electrons. The largest absolute Gasteiger partial charge is 0.383 e. The first kappa shape index (κ1) is 15.0. The van der Waals surface area contributed by atoms with Crippen molar-refractivity contribution in [2.24, 2.45) is 5.73 Å². The number of aromatic nitrogens is 1. The number of halogens is 1. The van der Waals surface area contributed by atoms with Crippen LogP contribution in [0.3, 0.4) is 0 Å². The van der Waals surface area contributed by atoms with E-state index in [0.29, 0.717) is 12.6 Å². The average Bonchev–Trinajstić information content (AvgIpc) is 2.36. The quantitative estimate of drug-likeness (QED) is 0.803. The normalized spacial score (nSPS) is 14.8. The summed E-state index contributed by atoms with van der Waals surface area (Å²) in [6.45, 7) is 3.65. The van der Waals surface area contributed by atoms with Gasteiger partial charge in [-0.25, -0.2) is 4.39 Å². The van der Waals surface area contributed by atoms with Crippen molar-refractivity contribution in [3.8, 4) is 0 Å². The first-order valence-electron chi connectivity index (χ1n) is 6.10. The molecule has 4 nitrogen and oxygen atoms in total. The smallest absolute Gasteiger partial charge is 0.141 e. The van der Waals surface area contributed by atoms with Crippen LogP contribution in [0.25, 0.3) is 0 Å². The molecule has 18 heavy (non-hydrogen) atoms. The number of methoxy groups -OCH3 is 1. The molecule has 0 amide bonds. The van der Waals surface area contributed by atoms with Crippen molar-refractivity contribution < 1.29 is 9.13 Å². The second kappa shape index (κ2) is 7.41. The predicted octanol–water partition coefficient (Wildman–Crippen LogP) is 1.58. The van der Waals surface area contributed by atoms with E-state index in [1.165, 1.54) is 12.3 Å². The van der Waals surface area contributed by atoms with Crippen LogP contribution in [0.15, 0.2) is 18.3 Å². The summed E-state index contributed by atoms with van der Waals surface area (Å²) in [4.78, 5) is 6.18. The summed E-state index contributed by atoms with van der Waals surface area (Å²) < 4.78 is 17.8.